The molecule has 3 N–H and O–H groups in total. The summed E-state index contributed by atoms with van der Waals surface area (Å²) in [6.07, 6.45) is 2.34. The predicted octanol–water partition coefficient (Wildman–Crippen LogP) is 2.43. The molecular formula is C15H18N2O2. The number of ether oxygens (including phenoxy) is 1. The predicted molar refractivity (Wildman–Crippen MR) is 74.1 cm³/mol. The van der Waals surface area contributed by atoms with Crippen molar-refractivity contribution >= 4 is 0 Å². The van der Waals surface area contributed by atoms with E-state index in [0.29, 0.717) is 12.3 Å². The Morgan fingerprint density at radius 3 is 2.63 bits per heavy atom. The molecule has 0 amide bonds. The second-order valence-corrected chi connectivity index (χ2v) is 4.44. The fraction of sp³-hybridized carbons (Fsp3) is 0.267. The lowest BCUT2D eigenvalue weighted by Crippen LogP contribution is -2.05. The monoisotopic (exact) mass is 258 g/mol. The van der Waals surface area contributed by atoms with Gasteiger partial charge in [0.25, 0.3) is 0 Å². The first-order chi connectivity index (χ1) is 9.19. The average Bonchev–Trinajstić information content (AvgIpc) is 2.42. The van der Waals surface area contributed by atoms with Gasteiger partial charge in [-0.15, -0.1) is 0 Å². The maximum absolute atomic E-state index is 8.85. The van der Waals surface area contributed by atoms with Crippen LogP contribution in [0.5, 0.6) is 11.6 Å². The summed E-state index contributed by atoms with van der Waals surface area (Å²) in [7, 11) is 0. The van der Waals surface area contributed by atoms with Gasteiger partial charge in [0.1, 0.15) is 5.75 Å². The van der Waals surface area contributed by atoms with Gasteiger partial charge in [-0.25, -0.2) is 4.98 Å². The summed E-state index contributed by atoms with van der Waals surface area (Å²) in [6, 6.07) is 11.3. The van der Waals surface area contributed by atoms with Crippen molar-refractivity contribution in [3.8, 4) is 11.6 Å². The van der Waals surface area contributed by atoms with Crippen LogP contribution in [-0.4, -0.2) is 16.7 Å². The Labute approximate surface area is 112 Å². The first kappa shape index (κ1) is 13.5. The quantitative estimate of drug-likeness (QED) is 0.864. The van der Waals surface area contributed by atoms with Gasteiger partial charge in [-0.2, -0.15) is 0 Å². The number of nitrogens with zero attached hydrogens (tertiary/aromatic N) is 1. The van der Waals surface area contributed by atoms with Crippen LogP contribution < -0.4 is 10.5 Å². The molecule has 100 valence electrons. The summed E-state index contributed by atoms with van der Waals surface area (Å²) in [4.78, 5) is 4.16. The van der Waals surface area contributed by atoms with Gasteiger partial charge >= 0.3 is 0 Å². The van der Waals surface area contributed by atoms with Crippen LogP contribution >= 0.6 is 0 Å². The van der Waals surface area contributed by atoms with E-state index in [2.05, 4.69) is 4.98 Å². The molecule has 0 unspecified atom stereocenters. The summed E-state index contributed by atoms with van der Waals surface area (Å²) >= 11 is 0. The molecule has 1 heterocycles. The molecule has 19 heavy (non-hydrogen) atoms. The highest BCUT2D eigenvalue weighted by Crippen LogP contribution is 2.22. The molecule has 0 bridgehead atoms. The van der Waals surface area contributed by atoms with Gasteiger partial charge < -0.3 is 15.6 Å². The van der Waals surface area contributed by atoms with Gasteiger partial charge in [-0.05, 0) is 42.7 Å². The number of pyridine rings is 1. The van der Waals surface area contributed by atoms with E-state index < -0.39 is 0 Å². The third-order valence-electron chi connectivity index (χ3n) is 2.83. The number of benzene rings is 1. The van der Waals surface area contributed by atoms with Crippen molar-refractivity contribution < 1.29 is 9.84 Å². The van der Waals surface area contributed by atoms with Gasteiger partial charge in [0.2, 0.25) is 5.88 Å². The maximum Gasteiger partial charge on any atom is 0.219 e. The summed E-state index contributed by atoms with van der Waals surface area (Å²) in [5, 5.41) is 8.85. The molecule has 1 aromatic carbocycles. The molecule has 4 heteroatoms. The van der Waals surface area contributed by atoms with Crippen molar-refractivity contribution in [1.29, 1.82) is 0 Å². The van der Waals surface area contributed by atoms with Gasteiger partial charge in [-0.3, -0.25) is 0 Å². The smallest absolute Gasteiger partial charge is 0.219 e. The van der Waals surface area contributed by atoms with Crippen LogP contribution in [0.4, 0.5) is 0 Å². The standard InChI is InChI=1S/C15H18N2O2/c1-11(16)13-6-8-17-15(10-13)19-14-4-2-12(3-5-14)7-9-18/h2-6,8,10-11,18H,7,9,16H2,1H3/t11-/m1/s1. The third-order valence-corrected chi connectivity index (χ3v) is 2.83. The van der Waals surface area contributed by atoms with Crippen LogP contribution in [0, 0.1) is 0 Å². The number of nitrogens with two attached hydrogens (primary N) is 1. The van der Waals surface area contributed by atoms with Crippen molar-refractivity contribution in [2.45, 2.75) is 19.4 Å². The number of aromatic nitrogens is 1. The van der Waals surface area contributed by atoms with E-state index in [9.17, 15) is 0 Å². The van der Waals surface area contributed by atoms with Gasteiger partial charge in [-0.1, -0.05) is 12.1 Å². The normalized spacial score (nSPS) is 12.2. The van der Waals surface area contributed by atoms with Crippen molar-refractivity contribution in [1.82, 2.24) is 4.98 Å². The number of hydrogen-bond acceptors (Lipinski definition) is 4. The summed E-state index contributed by atoms with van der Waals surface area (Å²) in [5.74, 6) is 1.25. The fourth-order valence-corrected chi connectivity index (χ4v) is 1.74. The highest BCUT2D eigenvalue weighted by molar-refractivity contribution is 5.32. The first-order valence-corrected chi connectivity index (χ1v) is 6.28. The minimum atomic E-state index is -0.0442. The summed E-state index contributed by atoms with van der Waals surface area (Å²) in [5.41, 5.74) is 7.89. The molecule has 0 saturated heterocycles. The molecular weight excluding hydrogens is 240 g/mol. The molecule has 0 fully saturated rings. The Hall–Kier alpha value is -1.91. The topological polar surface area (TPSA) is 68.4 Å². The zero-order chi connectivity index (χ0) is 13.7. The summed E-state index contributed by atoms with van der Waals surface area (Å²) in [6.45, 7) is 2.07. The molecule has 4 nitrogen and oxygen atoms in total. The fourth-order valence-electron chi connectivity index (χ4n) is 1.74. The lowest BCUT2D eigenvalue weighted by atomic mass is 10.1. The van der Waals surface area contributed by atoms with Crippen LogP contribution in [0.2, 0.25) is 0 Å². The van der Waals surface area contributed by atoms with Crippen molar-refractivity contribution in [2.24, 2.45) is 5.73 Å². The first-order valence-electron chi connectivity index (χ1n) is 6.28. The molecule has 1 atom stereocenters. The lowest BCUT2D eigenvalue weighted by Gasteiger charge is -2.09. The van der Waals surface area contributed by atoms with E-state index >= 15 is 0 Å². The van der Waals surface area contributed by atoms with Crippen LogP contribution in [0.15, 0.2) is 42.6 Å². The van der Waals surface area contributed by atoms with E-state index in [-0.39, 0.29) is 12.6 Å². The molecule has 0 aliphatic rings. The van der Waals surface area contributed by atoms with Crippen molar-refractivity contribution in [3.63, 3.8) is 0 Å². The summed E-state index contributed by atoms with van der Waals surface area (Å²) < 4.78 is 5.67. The second kappa shape index (κ2) is 6.31. The van der Waals surface area contributed by atoms with Crippen LogP contribution in [-0.2, 0) is 6.42 Å². The highest BCUT2D eigenvalue weighted by Gasteiger charge is 2.03. The molecule has 0 radical (unpaired) electrons. The Balaban J connectivity index is 2.10. The second-order valence-electron chi connectivity index (χ2n) is 4.44. The van der Waals surface area contributed by atoms with E-state index in [1.54, 1.807) is 6.20 Å². The van der Waals surface area contributed by atoms with E-state index in [1.165, 1.54) is 0 Å². The van der Waals surface area contributed by atoms with Crippen LogP contribution in [0.3, 0.4) is 0 Å². The molecule has 0 aliphatic heterocycles. The van der Waals surface area contributed by atoms with Gasteiger partial charge in [0.15, 0.2) is 0 Å². The molecule has 0 aliphatic carbocycles. The van der Waals surface area contributed by atoms with Crippen molar-refractivity contribution in [3.05, 3.63) is 53.7 Å². The number of rotatable bonds is 5. The largest absolute Gasteiger partial charge is 0.439 e. The average molecular weight is 258 g/mol. The van der Waals surface area contributed by atoms with Crippen LogP contribution in [0.25, 0.3) is 0 Å². The van der Waals surface area contributed by atoms with E-state index in [1.807, 2.05) is 43.3 Å². The number of aliphatic hydroxyl groups excluding tert-OH is 1. The SMILES string of the molecule is C[C@@H](N)c1ccnc(Oc2ccc(CCO)cc2)c1. The molecule has 0 saturated carbocycles. The highest BCUT2D eigenvalue weighted by atomic mass is 16.5. The third kappa shape index (κ3) is 3.77. The van der Waals surface area contributed by atoms with Crippen LogP contribution in [0.1, 0.15) is 24.1 Å². The lowest BCUT2D eigenvalue weighted by molar-refractivity contribution is 0.299. The van der Waals surface area contributed by atoms with Crippen molar-refractivity contribution in [2.75, 3.05) is 6.61 Å². The zero-order valence-corrected chi connectivity index (χ0v) is 10.9. The minimum Gasteiger partial charge on any atom is -0.439 e. The van der Waals surface area contributed by atoms with Gasteiger partial charge in [0, 0.05) is 24.9 Å². The number of aliphatic hydroxyl groups is 1. The molecule has 1 aromatic heterocycles. The van der Waals surface area contributed by atoms with E-state index in [0.717, 1.165) is 16.9 Å². The van der Waals surface area contributed by atoms with Gasteiger partial charge in [0.05, 0.1) is 0 Å². The Kier molecular flexibility index (Phi) is 4.49. The van der Waals surface area contributed by atoms with E-state index in [4.69, 9.17) is 15.6 Å². The Bertz CT molecular complexity index is 524. The number of hydrogen-bond donors (Lipinski definition) is 2. The maximum atomic E-state index is 8.85. The Morgan fingerprint density at radius 1 is 1.26 bits per heavy atom. The minimum absolute atomic E-state index is 0.0442. The zero-order valence-electron chi connectivity index (χ0n) is 10.9. The molecule has 0 spiro atoms. The molecule has 2 aromatic rings. The Morgan fingerprint density at radius 2 is 2.00 bits per heavy atom. The molecule has 2 rings (SSSR count).